The van der Waals surface area contributed by atoms with E-state index in [9.17, 15) is 4.79 Å². The number of guanidine groups is 1. The summed E-state index contributed by atoms with van der Waals surface area (Å²) in [5.41, 5.74) is 1.69. The molecular weight excluding hydrogens is 495 g/mol. The van der Waals surface area contributed by atoms with Gasteiger partial charge in [-0.1, -0.05) is 24.3 Å². The van der Waals surface area contributed by atoms with Crippen LogP contribution < -0.4 is 25.4 Å². The number of hydrogen-bond acceptors (Lipinski definition) is 4. The molecule has 0 saturated carbocycles. The second-order valence-corrected chi connectivity index (χ2v) is 6.29. The second kappa shape index (κ2) is 14.5. The normalized spacial score (nSPS) is 10.6. The molecule has 0 spiro atoms. The Kier molecular flexibility index (Phi) is 12.3. The number of nitrogens with one attached hydrogen (secondary N) is 3. The molecule has 0 aromatic heterocycles. The molecule has 2 aromatic rings. The third kappa shape index (κ3) is 8.48. The summed E-state index contributed by atoms with van der Waals surface area (Å²) in [4.78, 5) is 16.6. The zero-order chi connectivity index (χ0) is 20.9. The van der Waals surface area contributed by atoms with Gasteiger partial charge in [-0.25, -0.2) is 4.99 Å². The fourth-order valence-corrected chi connectivity index (χ4v) is 2.68. The lowest BCUT2D eigenvalue weighted by Gasteiger charge is -2.12. The Hall–Kier alpha value is -2.49. The number of carbonyl (C=O) groups is 1. The van der Waals surface area contributed by atoms with Crippen molar-refractivity contribution in [1.82, 2.24) is 16.0 Å². The van der Waals surface area contributed by atoms with Crippen molar-refractivity contribution in [3.63, 3.8) is 0 Å². The van der Waals surface area contributed by atoms with Crippen molar-refractivity contribution in [3.8, 4) is 11.5 Å². The number of nitrogens with zero attached hydrogens (tertiary/aromatic N) is 1. The number of benzene rings is 2. The second-order valence-electron chi connectivity index (χ2n) is 6.29. The summed E-state index contributed by atoms with van der Waals surface area (Å²) in [6.45, 7) is 4.60. The average molecular weight is 526 g/mol. The minimum absolute atomic E-state index is 0. The topological polar surface area (TPSA) is 84.0 Å². The molecular formula is C22H31IN4O3. The van der Waals surface area contributed by atoms with Gasteiger partial charge in [0.2, 0.25) is 0 Å². The molecule has 0 fully saturated rings. The average Bonchev–Trinajstić information content (AvgIpc) is 2.77. The summed E-state index contributed by atoms with van der Waals surface area (Å²) in [7, 11) is 3.23. The molecule has 3 N–H and O–H groups in total. The van der Waals surface area contributed by atoms with E-state index in [1.807, 2.05) is 43.3 Å². The zero-order valence-electron chi connectivity index (χ0n) is 17.7. The zero-order valence-corrected chi connectivity index (χ0v) is 20.1. The highest BCUT2D eigenvalue weighted by atomic mass is 127. The highest BCUT2D eigenvalue weighted by Crippen LogP contribution is 2.27. The SMILES string of the molecule is CCNC(=NCc1ccc(OC)c(OC)c1)NCCCNC(=O)c1ccccc1.I. The van der Waals surface area contributed by atoms with E-state index < -0.39 is 0 Å². The molecule has 164 valence electrons. The summed E-state index contributed by atoms with van der Waals surface area (Å²) in [6.07, 6.45) is 0.791. The first-order valence-corrected chi connectivity index (χ1v) is 9.74. The van der Waals surface area contributed by atoms with E-state index in [1.165, 1.54) is 0 Å². The van der Waals surface area contributed by atoms with Crippen molar-refractivity contribution >= 4 is 35.8 Å². The summed E-state index contributed by atoms with van der Waals surface area (Å²) < 4.78 is 10.6. The van der Waals surface area contributed by atoms with Crippen molar-refractivity contribution in [3.05, 3.63) is 59.7 Å². The predicted octanol–water partition coefficient (Wildman–Crippen LogP) is 3.20. The number of amides is 1. The van der Waals surface area contributed by atoms with E-state index in [-0.39, 0.29) is 29.9 Å². The maximum atomic E-state index is 12.0. The van der Waals surface area contributed by atoms with Crippen LogP contribution >= 0.6 is 24.0 Å². The van der Waals surface area contributed by atoms with Crippen molar-refractivity contribution in [1.29, 1.82) is 0 Å². The minimum atomic E-state index is -0.0559. The van der Waals surface area contributed by atoms with E-state index in [1.54, 1.807) is 26.4 Å². The number of hydrogen-bond donors (Lipinski definition) is 3. The Labute approximate surface area is 195 Å². The van der Waals surface area contributed by atoms with Crippen LogP contribution in [0.3, 0.4) is 0 Å². The maximum absolute atomic E-state index is 12.0. The molecule has 0 atom stereocenters. The molecule has 0 saturated heterocycles. The van der Waals surface area contributed by atoms with Gasteiger partial charge in [-0.2, -0.15) is 0 Å². The molecule has 1 amide bonds. The van der Waals surface area contributed by atoms with Gasteiger partial charge in [0.1, 0.15) is 0 Å². The van der Waals surface area contributed by atoms with Gasteiger partial charge in [0.25, 0.3) is 5.91 Å². The monoisotopic (exact) mass is 526 g/mol. The lowest BCUT2D eigenvalue weighted by atomic mass is 10.2. The predicted molar refractivity (Wildman–Crippen MR) is 131 cm³/mol. The summed E-state index contributed by atoms with van der Waals surface area (Å²) in [6, 6.07) is 15.0. The van der Waals surface area contributed by atoms with Crippen LogP contribution in [0.1, 0.15) is 29.3 Å². The third-order valence-corrected chi connectivity index (χ3v) is 4.18. The van der Waals surface area contributed by atoms with E-state index in [4.69, 9.17) is 9.47 Å². The van der Waals surface area contributed by atoms with Crippen molar-refractivity contribution in [2.45, 2.75) is 19.9 Å². The van der Waals surface area contributed by atoms with Crippen molar-refractivity contribution in [2.75, 3.05) is 33.9 Å². The molecule has 2 aromatic carbocycles. The van der Waals surface area contributed by atoms with Gasteiger partial charge in [-0.15, -0.1) is 24.0 Å². The van der Waals surface area contributed by atoms with Crippen LogP contribution in [0.25, 0.3) is 0 Å². The molecule has 0 radical (unpaired) electrons. The molecule has 0 unspecified atom stereocenters. The number of rotatable bonds is 10. The van der Waals surface area contributed by atoms with E-state index in [2.05, 4.69) is 20.9 Å². The molecule has 0 aliphatic heterocycles. The molecule has 0 bridgehead atoms. The van der Waals surface area contributed by atoms with Crippen LogP contribution in [0.2, 0.25) is 0 Å². The quantitative estimate of drug-likeness (QED) is 0.192. The van der Waals surface area contributed by atoms with E-state index in [0.717, 1.165) is 24.5 Å². The van der Waals surface area contributed by atoms with Crippen LogP contribution in [-0.2, 0) is 6.54 Å². The number of carbonyl (C=O) groups excluding carboxylic acids is 1. The largest absolute Gasteiger partial charge is 0.493 e. The third-order valence-electron chi connectivity index (χ3n) is 4.18. The molecule has 0 aliphatic rings. The molecule has 30 heavy (non-hydrogen) atoms. The fourth-order valence-electron chi connectivity index (χ4n) is 2.68. The van der Waals surface area contributed by atoms with Crippen LogP contribution in [0.5, 0.6) is 11.5 Å². The standard InChI is InChI=1S/C22H30N4O3.HI/c1-4-23-22(26-16-17-11-12-19(28-2)20(15-17)29-3)25-14-8-13-24-21(27)18-9-6-5-7-10-18;/h5-7,9-12,15H,4,8,13-14,16H2,1-3H3,(H,24,27)(H2,23,25,26);1H. The molecule has 2 rings (SSSR count). The van der Waals surface area contributed by atoms with Crippen molar-refractivity contribution in [2.24, 2.45) is 4.99 Å². The number of ether oxygens (including phenoxy) is 2. The Balaban J connectivity index is 0.00000450. The fraction of sp³-hybridized carbons (Fsp3) is 0.364. The highest BCUT2D eigenvalue weighted by Gasteiger charge is 2.05. The van der Waals surface area contributed by atoms with Gasteiger partial charge in [0.15, 0.2) is 17.5 Å². The Bertz CT molecular complexity index is 800. The van der Waals surface area contributed by atoms with Crippen LogP contribution in [0, 0.1) is 0 Å². The van der Waals surface area contributed by atoms with E-state index >= 15 is 0 Å². The summed E-state index contributed by atoms with van der Waals surface area (Å²) >= 11 is 0. The Morgan fingerprint density at radius 1 is 0.933 bits per heavy atom. The van der Waals surface area contributed by atoms with Gasteiger partial charge in [-0.05, 0) is 43.2 Å². The molecule has 8 heteroatoms. The molecule has 0 aliphatic carbocycles. The number of halogens is 1. The smallest absolute Gasteiger partial charge is 0.251 e. The minimum Gasteiger partial charge on any atom is -0.493 e. The first kappa shape index (κ1) is 25.5. The van der Waals surface area contributed by atoms with Crippen LogP contribution in [0.4, 0.5) is 0 Å². The van der Waals surface area contributed by atoms with Crippen molar-refractivity contribution < 1.29 is 14.3 Å². The van der Waals surface area contributed by atoms with Crippen LogP contribution in [-0.4, -0.2) is 45.7 Å². The maximum Gasteiger partial charge on any atom is 0.251 e. The van der Waals surface area contributed by atoms with Gasteiger partial charge < -0.3 is 25.4 Å². The Morgan fingerprint density at radius 3 is 2.30 bits per heavy atom. The van der Waals surface area contributed by atoms with Crippen LogP contribution in [0.15, 0.2) is 53.5 Å². The van der Waals surface area contributed by atoms with Gasteiger partial charge in [0, 0.05) is 25.2 Å². The lowest BCUT2D eigenvalue weighted by molar-refractivity contribution is 0.0953. The first-order chi connectivity index (χ1) is 14.2. The molecule has 7 nitrogen and oxygen atoms in total. The Morgan fingerprint density at radius 2 is 1.63 bits per heavy atom. The summed E-state index contributed by atoms with van der Waals surface area (Å²) in [5, 5.41) is 9.43. The highest BCUT2D eigenvalue weighted by molar-refractivity contribution is 14.0. The van der Waals surface area contributed by atoms with Gasteiger partial charge in [-0.3, -0.25) is 4.79 Å². The number of methoxy groups -OCH3 is 2. The van der Waals surface area contributed by atoms with E-state index in [0.29, 0.717) is 36.7 Å². The van der Waals surface area contributed by atoms with Gasteiger partial charge >= 0.3 is 0 Å². The van der Waals surface area contributed by atoms with Gasteiger partial charge in [0.05, 0.1) is 20.8 Å². The molecule has 0 heterocycles. The lowest BCUT2D eigenvalue weighted by Crippen LogP contribution is -2.38. The number of aliphatic imine (C=N–C) groups is 1. The first-order valence-electron chi connectivity index (χ1n) is 9.74. The summed E-state index contributed by atoms with van der Waals surface area (Å²) in [5.74, 6) is 2.06.